The van der Waals surface area contributed by atoms with Gasteiger partial charge in [-0.2, -0.15) is 5.10 Å². The third-order valence-corrected chi connectivity index (χ3v) is 4.75. The second-order valence-corrected chi connectivity index (χ2v) is 5.98. The van der Waals surface area contributed by atoms with Crippen LogP contribution in [0.5, 0.6) is 0 Å². The smallest absolute Gasteiger partial charge is 0.227 e. The zero-order valence-corrected chi connectivity index (χ0v) is 11.7. The number of hydrogen-bond acceptors (Lipinski definition) is 3. The van der Waals surface area contributed by atoms with Gasteiger partial charge in [0.15, 0.2) is 0 Å². The number of nitrogens with zero attached hydrogens (tertiary/aromatic N) is 1. The van der Waals surface area contributed by atoms with Crippen LogP contribution >= 0.6 is 11.3 Å². The topological polar surface area (TPSA) is 57.8 Å². The number of H-pyrrole nitrogens is 1. The van der Waals surface area contributed by atoms with Crippen molar-refractivity contribution in [2.75, 3.05) is 0 Å². The minimum Gasteiger partial charge on any atom is -0.351 e. The molecule has 100 valence electrons. The first-order valence-electron chi connectivity index (χ1n) is 6.58. The van der Waals surface area contributed by atoms with Crippen molar-refractivity contribution in [3.05, 3.63) is 39.3 Å². The maximum Gasteiger partial charge on any atom is 0.227 e. The monoisotopic (exact) mass is 275 g/mol. The molecule has 1 aliphatic rings. The summed E-state index contributed by atoms with van der Waals surface area (Å²) >= 11 is 1.77. The predicted octanol–water partition coefficient (Wildman–Crippen LogP) is 2.52. The number of thiophene rings is 1. The van der Waals surface area contributed by atoms with Crippen molar-refractivity contribution >= 4 is 17.2 Å². The molecule has 2 N–H and O–H groups in total. The molecular weight excluding hydrogens is 258 g/mol. The molecule has 0 saturated heterocycles. The average Bonchev–Trinajstić information content (AvgIpc) is 3.04. The van der Waals surface area contributed by atoms with E-state index in [-0.39, 0.29) is 11.8 Å². The molecule has 19 heavy (non-hydrogen) atoms. The molecule has 1 aliphatic carbocycles. The first-order valence-corrected chi connectivity index (χ1v) is 7.46. The maximum atomic E-state index is 12.3. The summed E-state index contributed by atoms with van der Waals surface area (Å²) in [5.74, 6) is 0.169. The van der Waals surface area contributed by atoms with E-state index in [1.807, 2.05) is 6.92 Å². The Hall–Kier alpha value is -1.62. The molecule has 5 heteroatoms. The Morgan fingerprint density at radius 1 is 1.63 bits per heavy atom. The Balaban J connectivity index is 1.68. The summed E-state index contributed by atoms with van der Waals surface area (Å²) < 4.78 is 0. The number of amides is 1. The number of aromatic nitrogens is 2. The number of aryl methyl sites for hydroxylation is 2. The number of carbonyl (C=O) groups is 1. The lowest BCUT2D eigenvalue weighted by Crippen LogP contribution is -2.30. The SMILES string of the molecule is Cc1[nH]ncc1CNC(=O)C1CCCc2sccc21. The molecule has 2 aromatic heterocycles. The highest BCUT2D eigenvalue weighted by molar-refractivity contribution is 7.10. The van der Waals surface area contributed by atoms with E-state index in [1.54, 1.807) is 17.5 Å². The maximum absolute atomic E-state index is 12.3. The van der Waals surface area contributed by atoms with Gasteiger partial charge in [-0.3, -0.25) is 9.89 Å². The largest absolute Gasteiger partial charge is 0.351 e. The number of hydrogen-bond donors (Lipinski definition) is 2. The van der Waals surface area contributed by atoms with Gasteiger partial charge < -0.3 is 5.32 Å². The van der Waals surface area contributed by atoms with Gasteiger partial charge in [-0.1, -0.05) is 0 Å². The van der Waals surface area contributed by atoms with Gasteiger partial charge >= 0.3 is 0 Å². The van der Waals surface area contributed by atoms with Crippen LogP contribution in [-0.4, -0.2) is 16.1 Å². The van der Waals surface area contributed by atoms with Crippen molar-refractivity contribution in [3.8, 4) is 0 Å². The summed E-state index contributed by atoms with van der Waals surface area (Å²) in [7, 11) is 0. The Kier molecular flexibility index (Phi) is 3.38. The lowest BCUT2D eigenvalue weighted by molar-refractivity contribution is -0.123. The third-order valence-electron chi connectivity index (χ3n) is 3.76. The molecule has 0 aromatic carbocycles. The molecule has 0 fully saturated rings. The molecule has 0 spiro atoms. The van der Waals surface area contributed by atoms with Gasteiger partial charge in [-0.15, -0.1) is 11.3 Å². The number of rotatable bonds is 3. The third kappa shape index (κ3) is 2.42. The molecule has 1 unspecified atom stereocenters. The van der Waals surface area contributed by atoms with Gasteiger partial charge in [0.1, 0.15) is 0 Å². The van der Waals surface area contributed by atoms with Crippen LogP contribution in [0.25, 0.3) is 0 Å². The molecule has 2 aromatic rings. The number of aromatic amines is 1. The minimum atomic E-state index is 0.0298. The summed E-state index contributed by atoms with van der Waals surface area (Å²) in [6, 6.07) is 2.10. The highest BCUT2D eigenvalue weighted by atomic mass is 32.1. The zero-order valence-electron chi connectivity index (χ0n) is 10.9. The van der Waals surface area contributed by atoms with Gasteiger partial charge in [0.05, 0.1) is 12.1 Å². The van der Waals surface area contributed by atoms with E-state index in [4.69, 9.17) is 0 Å². The Morgan fingerprint density at radius 2 is 2.53 bits per heavy atom. The summed E-state index contributed by atoms with van der Waals surface area (Å²) in [6.07, 6.45) is 4.96. The molecule has 1 atom stereocenters. The molecule has 0 radical (unpaired) electrons. The van der Waals surface area contributed by atoms with Gasteiger partial charge in [0, 0.05) is 22.7 Å². The first-order chi connectivity index (χ1) is 9.25. The lowest BCUT2D eigenvalue weighted by atomic mass is 9.87. The highest BCUT2D eigenvalue weighted by Gasteiger charge is 2.27. The number of fused-ring (bicyclic) bond motifs is 1. The average molecular weight is 275 g/mol. The molecule has 3 rings (SSSR count). The van der Waals surface area contributed by atoms with Gasteiger partial charge in [0.2, 0.25) is 5.91 Å². The van der Waals surface area contributed by atoms with Crippen molar-refractivity contribution < 1.29 is 4.79 Å². The van der Waals surface area contributed by atoms with Crippen LogP contribution in [-0.2, 0) is 17.8 Å². The number of nitrogens with one attached hydrogen (secondary N) is 2. The van der Waals surface area contributed by atoms with Crippen LogP contribution < -0.4 is 5.32 Å². The molecular formula is C14H17N3OS. The van der Waals surface area contributed by atoms with E-state index in [2.05, 4.69) is 27.0 Å². The van der Waals surface area contributed by atoms with E-state index in [0.29, 0.717) is 6.54 Å². The summed E-state index contributed by atoms with van der Waals surface area (Å²) in [5.41, 5.74) is 3.30. The molecule has 4 nitrogen and oxygen atoms in total. The van der Waals surface area contributed by atoms with E-state index in [0.717, 1.165) is 30.5 Å². The Morgan fingerprint density at radius 3 is 3.32 bits per heavy atom. The molecule has 0 aliphatic heterocycles. The van der Waals surface area contributed by atoms with E-state index < -0.39 is 0 Å². The Labute approximate surface area is 116 Å². The van der Waals surface area contributed by atoms with Crippen LogP contribution in [0.2, 0.25) is 0 Å². The van der Waals surface area contributed by atoms with Crippen LogP contribution in [0.4, 0.5) is 0 Å². The fourth-order valence-corrected chi connectivity index (χ4v) is 3.61. The van der Waals surface area contributed by atoms with Crippen LogP contribution in [0.1, 0.15) is 40.5 Å². The van der Waals surface area contributed by atoms with Crippen molar-refractivity contribution in [1.29, 1.82) is 0 Å². The summed E-state index contributed by atoms with van der Waals surface area (Å²) in [4.78, 5) is 13.7. The molecule has 0 bridgehead atoms. The van der Waals surface area contributed by atoms with Crippen LogP contribution in [0.3, 0.4) is 0 Å². The molecule has 2 heterocycles. The fourth-order valence-electron chi connectivity index (χ4n) is 2.62. The Bertz CT molecular complexity index is 587. The zero-order chi connectivity index (χ0) is 13.2. The quantitative estimate of drug-likeness (QED) is 0.904. The van der Waals surface area contributed by atoms with Crippen LogP contribution in [0.15, 0.2) is 17.6 Å². The van der Waals surface area contributed by atoms with Crippen molar-refractivity contribution in [2.24, 2.45) is 0 Å². The lowest BCUT2D eigenvalue weighted by Gasteiger charge is -2.21. The van der Waals surface area contributed by atoms with E-state index in [9.17, 15) is 4.79 Å². The highest BCUT2D eigenvalue weighted by Crippen LogP contribution is 2.34. The minimum absolute atomic E-state index is 0.0298. The number of carbonyl (C=O) groups excluding carboxylic acids is 1. The van der Waals surface area contributed by atoms with Crippen LogP contribution in [0, 0.1) is 6.92 Å². The molecule has 0 saturated carbocycles. The summed E-state index contributed by atoms with van der Waals surface area (Å²) in [5, 5.41) is 12.0. The normalized spacial score (nSPS) is 18.1. The van der Waals surface area contributed by atoms with Gasteiger partial charge in [-0.05, 0) is 43.2 Å². The van der Waals surface area contributed by atoms with Crippen molar-refractivity contribution in [1.82, 2.24) is 15.5 Å². The first kappa shape index (κ1) is 12.4. The van der Waals surface area contributed by atoms with Crippen molar-refractivity contribution in [2.45, 2.75) is 38.6 Å². The van der Waals surface area contributed by atoms with Gasteiger partial charge in [0.25, 0.3) is 0 Å². The van der Waals surface area contributed by atoms with Crippen molar-refractivity contribution in [3.63, 3.8) is 0 Å². The van der Waals surface area contributed by atoms with Gasteiger partial charge in [-0.25, -0.2) is 0 Å². The standard InChI is InChI=1S/C14H17N3OS/c1-9-10(8-16-17-9)7-15-14(18)12-3-2-4-13-11(12)5-6-19-13/h5-6,8,12H,2-4,7H2,1H3,(H,15,18)(H,16,17). The van der Waals surface area contributed by atoms with E-state index >= 15 is 0 Å². The second-order valence-electron chi connectivity index (χ2n) is 4.98. The molecule has 1 amide bonds. The summed E-state index contributed by atoms with van der Waals surface area (Å²) in [6.45, 7) is 2.52. The fraction of sp³-hybridized carbons (Fsp3) is 0.429. The van der Waals surface area contributed by atoms with E-state index in [1.165, 1.54) is 10.4 Å². The predicted molar refractivity (Wildman–Crippen MR) is 75.2 cm³/mol. The second kappa shape index (κ2) is 5.17.